The zero-order valence-corrected chi connectivity index (χ0v) is 13.8. The Morgan fingerprint density at radius 3 is 2.65 bits per heavy atom. The Morgan fingerprint density at radius 1 is 1.20 bits per heavy atom. The van der Waals surface area contributed by atoms with Gasteiger partial charge in [0.2, 0.25) is 11.2 Å². The van der Waals surface area contributed by atoms with Crippen molar-refractivity contribution in [3.63, 3.8) is 0 Å². The van der Waals surface area contributed by atoms with Gasteiger partial charge in [-0.2, -0.15) is 15.0 Å². The topological polar surface area (TPSA) is 59.9 Å². The molecule has 0 fully saturated rings. The van der Waals surface area contributed by atoms with E-state index in [1.807, 2.05) is 19.9 Å². The van der Waals surface area contributed by atoms with Crippen LogP contribution in [0.25, 0.3) is 0 Å². The van der Waals surface area contributed by atoms with Crippen LogP contribution in [-0.2, 0) is 0 Å². The Labute approximate surface area is 134 Å². The average Bonchev–Trinajstić information content (AvgIpc) is 2.32. The van der Waals surface area contributed by atoms with Gasteiger partial charge in [-0.25, -0.2) is 0 Å². The molecule has 0 unspecified atom stereocenters. The summed E-state index contributed by atoms with van der Waals surface area (Å²) in [5.74, 6) is 0.281. The quantitative estimate of drug-likeness (QED) is 0.851. The minimum atomic E-state index is -0.0563. The molecule has 2 aromatic rings. The van der Waals surface area contributed by atoms with Crippen LogP contribution in [-0.4, -0.2) is 21.1 Å². The second kappa shape index (κ2) is 6.56. The molecule has 106 valence electrons. The van der Waals surface area contributed by atoms with E-state index in [4.69, 9.17) is 27.9 Å². The Bertz CT molecular complexity index is 624. The van der Waals surface area contributed by atoms with Crippen LogP contribution in [0.3, 0.4) is 0 Å². The van der Waals surface area contributed by atoms with Crippen molar-refractivity contribution in [3.05, 3.63) is 33.0 Å². The summed E-state index contributed by atoms with van der Waals surface area (Å²) in [5, 5.41) is 3.65. The van der Waals surface area contributed by atoms with Crippen LogP contribution in [0.15, 0.2) is 22.7 Å². The van der Waals surface area contributed by atoms with Gasteiger partial charge in [0.05, 0.1) is 11.8 Å². The van der Waals surface area contributed by atoms with Crippen LogP contribution in [0.5, 0.6) is 6.01 Å². The lowest BCUT2D eigenvalue weighted by Gasteiger charge is -2.10. The van der Waals surface area contributed by atoms with E-state index in [0.717, 1.165) is 10.2 Å². The summed E-state index contributed by atoms with van der Waals surface area (Å²) < 4.78 is 6.23. The largest absolute Gasteiger partial charge is 0.461 e. The summed E-state index contributed by atoms with van der Waals surface area (Å²) in [6.45, 7) is 3.75. The van der Waals surface area contributed by atoms with E-state index in [9.17, 15) is 0 Å². The molecule has 0 saturated carbocycles. The number of benzene rings is 1. The first kappa shape index (κ1) is 15.3. The Kier molecular flexibility index (Phi) is 5.01. The second-order valence-electron chi connectivity index (χ2n) is 4.13. The number of anilines is 2. The number of halogens is 3. The first-order valence-corrected chi connectivity index (χ1v) is 7.29. The third kappa shape index (κ3) is 4.19. The number of ether oxygens (including phenoxy) is 1. The van der Waals surface area contributed by atoms with Gasteiger partial charge >= 0.3 is 6.01 Å². The third-order valence-electron chi connectivity index (χ3n) is 2.10. The van der Waals surface area contributed by atoms with Crippen molar-refractivity contribution in [2.45, 2.75) is 20.0 Å². The standard InChI is InChI=1S/C12H11BrCl2N4O/c1-6(2)20-12-18-10(15)17-11(19-12)16-9-5-7(14)3-4-8(9)13/h3-6H,1-2H3,(H,16,17,18,19). The van der Waals surface area contributed by atoms with Crippen molar-refractivity contribution in [2.75, 3.05) is 5.32 Å². The number of nitrogens with one attached hydrogen (secondary N) is 1. The highest BCUT2D eigenvalue weighted by Gasteiger charge is 2.09. The molecule has 1 N–H and O–H groups in total. The van der Waals surface area contributed by atoms with Crippen LogP contribution in [0, 0.1) is 0 Å². The summed E-state index contributed by atoms with van der Waals surface area (Å²) in [5.41, 5.74) is 0.718. The highest BCUT2D eigenvalue weighted by atomic mass is 79.9. The number of rotatable bonds is 4. The van der Waals surface area contributed by atoms with E-state index >= 15 is 0 Å². The van der Waals surface area contributed by atoms with Crippen molar-refractivity contribution in [2.24, 2.45) is 0 Å². The molecule has 1 aromatic heterocycles. The number of hydrogen-bond donors (Lipinski definition) is 1. The summed E-state index contributed by atoms with van der Waals surface area (Å²) in [7, 11) is 0. The predicted octanol–water partition coefficient (Wildman–Crippen LogP) is 4.47. The molecule has 5 nitrogen and oxygen atoms in total. The maximum absolute atomic E-state index is 5.95. The van der Waals surface area contributed by atoms with Gasteiger partial charge in [-0.3, -0.25) is 0 Å². The maximum atomic E-state index is 5.95. The first-order chi connectivity index (χ1) is 9.44. The fourth-order valence-electron chi connectivity index (χ4n) is 1.37. The Morgan fingerprint density at radius 2 is 1.95 bits per heavy atom. The molecule has 8 heteroatoms. The first-order valence-electron chi connectivity index (χ1n) is 5.74. The second-order valence-corrected chi connectivity index (χ2v) is 5.76. The normalized spacial score (nSPS) is 10.7. The highest BCUT2D eigenvalue weighted by molar-refractivity contribution is 9.10. The molecule has 0 bridgehead atoms. The fraction of sp³-hybridized carbons (Fsp3) is 0.250. The van der Waals surface area contributed by atoms with Crippen molar-refractivity contribution >= 4 is 50.8 Å². The van der Waals surface area contributed by atoms with Gasteiger partial charge in [-0.05, 0) is 59.6 Å². The summed E-state index contributed by atoms with van der Waals surface area (Å²) in [4.78, 5) is 12.0. The van der Waals surface area contributed by atoms with Gasteiger partial charge in [0, 0.05) is 9.50 Å². The van der Waals surface area contributed by atoms with Gasteiger partial charge in [-0.15, -0.1) is 0 Å². The molecule has 0 saturated heterocycles. The average molecular weight is 378 g/mol. The van der Waals surface area contributed by atoms with E-state index in [2.05, 4.69) is 36.2 Å². The van der Waals surface area contributed by atoms with Crippen LogP contribution in [0.4, 0.5) is 11.6 Å². The van der Waals surface area contributed by atoms with Crippen molar-refractivity contribution in [1.82, 2.24) is 15.0 Å². The maximum Gasteiger partial charge on any atom is 0.322 e. The monoisotopic (exact) mass is 376 g/mol. The molecule has 2 rings (SSSR count). The van der Waals surface area contributed by atoms with E-state index in [1.165, 1.54) is 0 Å². The van der Waals surface area contributed by atoms with Gasteiger partial charge in [0.1, 0.15) is 0 Å². The molecular weight excluding hydrogens is 367 g/mol. The molecule has 0 aliphatic heterocycles. The molecule has 0 radical (unpaired) electrons. The van der Waals surface area contributed by atoms with Gasteiger partial charge < -0.3 is 10.1 Å². The van der Waals surface area contributed by atoms with Gasteiger partial charge in [0.25, 0.3) is 0 Å². The zero-order valence-electron chi connectivity index (χ0n) is 10.7. The molecule has 0 spiro atoms. The van der Waals surface area contributed by atoms with E-state index in [1.54, 1.807) is 12.1 Å². The molecule has 0 amide bonds. The van der Waals surface area contributed by atoms with E-state index in [-0.39, 0.29) is 23.3 Å². The van der Waals surface area contributed by atoms with Gasteiger partial charge in [0.15, 0.2) is 0 Å². The Balaban J connectivity index is 2.28. The van der Waals surface area contributed by atoms with Crippen molar-refractivity contribution < 1.29 is 4.74 Å². The van der Waals surface area contributed by atoms with E-state index < -0.39 is 0 Å². The van der Waals surface area contributed by atoms with Crippen LogP contribution >= 0.6 is 39.1 Å². The SMILES string of the molecule is CC(C)Oc1nc(Cl)nc(Nc2cc(Cl)ccc2Br)n1. The highest BCUT2D eigenvalue weighted by Crippen LogP contribution is 2.28. The summed E-state index contributed by atoms with van der Waals surface area (Å²) in [6, 6.07) is 5.50. The fourth-order valence-corrected chi connectivity index (χ4v) is 2.04. The molecule has 20 heavy (non-hydrogen) atoms. The summed E-state index contributed by atoms with van der Waals surface area (Å²) in [6.07, 6.45) is -0.0563. The molecule has 1 aromatic carbocycles. The van der Waals surface area contributed by atoms with Crippen LogP contribution < -0.4 is 10.1 Å². The molecule has 1 heterocycles. The van der Waals surface area contributed by atoms with Gasteiger partial charge in [-0.1, -0.05) is 11.6 Å². The third-order valence-corrected chi connectivity index (χ3v) is 3.20. The molecular formula is C12H11BrCl2N4O. The molecule has 0 aliphatic carbocycles. The number of aromatic nitrogens is 3. The lowest BCUT2D eigenvalue weighted by Crippen LogP contribution is -2.10. The van der Waals surface area contributed by atoms with Crippen LogP contribution in [0.1, 0.15) is 13.8 Å². The van der Waals surface area contributed by atoms with Crippen LogP contribution in [0.2, 0.25) is 10.3 Å². The zero-order chi connectivity index (χ0) is 14.7. The number of hydrogen-bond acceptors (Lipinski definition) is 5. The lowest BCUT2D eigenvalue weighted by molar-refractivity contribution is 0.222. The van der Waals surface area contributed by atoms with Crippen molar-refractivity contribution in [3.8, 4) is 6.01 Å². The number of nitrogens with zero attached hydrogens (tertiary/aromatic N) is 3. The Hall–Kier alpha value is -1.11. The lowest BCUT2D eigenvalue weighted by atomic mass is 10.3. The van der Waals surface area contributed by atoms with E-state index in [0.29, 0.717) is 5.02 Å². The molecule has 0 atom stereocenters. The summed E-state index contributed by atoms with van der Waals surface area (Å²) >= 11 is 15.2. The minimum Gasteiger partial charge on any atom is -0.461 e. The smallest absolute Gasteiger partial charge is 0.322 e. The predicted molar refractivity (Wildman–Crippen MR) is 83.0 cm³/mol. The minimum absolute atomic E-state index is 0.0521. The molecule has 0 aliphatic rings. The van der Waals surface area contributed by atoms with Crippen molar-refractivity contribution in [1.29, 1.82) is 0 Å².